The smallest absolute Gasteiger partial charge is 0.155 e. The van der Waals surface area contributed by atoms with E-state index in [2.05, 4.69) is 66.9 Å². The number of benzene rings is 2. The number of allylic oxidation sites excluding steroid dienone is 2. The van der Waals surface area contributed by atoms with E-state index in [0.717, 1.165) is 33.4 Å². The second-order valence-corrected chi connectivity index (χ2v) is 7.31. The predicted molar refractivity (Wildman–Crippen MR) is 122 cm³/mol. The summed E-state index contributed by atoms with van der Waals surface area (Å²) in [7, 11) is 0. The molecule has 0 bridgehead atoms. The summed E-state index contributed by atoms with van der Waals surface area (Å²) in [5, 5.41) is 9.51. The summed E-state index contributed by atoms with van der Waals surface area (Å²) in [6, 6.07) is 22.3. The van der Waals surface area contributed by atoms with Crippen LogP contribution in [-0.2, 0) is 24.9 Å². The Kier molecular flexibility index (Phi) is 8.49. The van der Waals surface area contributed by atoms with Crippen LogP contribution in [0.5, 0.6) is 0 Å². The molecule has 31 heavy (non-hydrogen) atoms. The molecule has 2 heterocycles. The molecule has 0 aliphatic carbocycles. The Bertz CT molecular complexity index is 1190. The second kappa shape index (κ2) is 10.9. The number of fused-ring (bicyclic) bond motifs is 1. The Morgan fingerprint density at radius 2 is 1.74 bits per heavy atom. The van der Waals surface area contributed by atoms with E-state index in [1.165, 1.54) is 25.5 Å². The van der Waals surface area contributed by atoms with E-state index in [0.29, 0.717) is 0 Å². The summed E-state index contributed by atoms with van der Waals surface area (Å²) in [6.07, 6.45) is 5.26. The third kappa shape index (κ3) is 6.74. The van der Waals surface area contributed by atoms with Gasteiger partial charge in [0, 0.05) is 49.6 Å². The topological polar surface area (TPSA) is 55.1 Å². The number of nitrogens with zero attached hydrogens (tertiary/aromatic N) is 2. The van der Waals surface area contributed by atoms with Crippen LogP contribution in [0.1, 0.15) is 25.0 Å². The number of aliphatic hydroxyl groups excluding tert-OH is 1. The quantitative estimate of drug-likeness (QED) is 0.177. The van der Waals surface area contributed by atoms with E-state index in [4.69, 9.17) is 10.1 Å². The molecule has 0 aliphatic heterocycles. The summed E-state index contributed by atoms with van der Waals surface area (Å²) >= 11 is 0. The maximum Gasteiger partial charge on any atom is 0.155 e. The predicted octanol–water partition coefficient (Wildman–Crippen LogP) is 6.14. The molecule has 4 rings (SSSR count). The minimum Gasteiger partial charge on any atom is -0.512 e. The molecule has 0 unspecified atom stereocenters. The van der Waals surface area contributed by atoms with E-state index < -0.39 is 0 Å². The van der Waals surface area contributed by atoms with Gasteiger partial charge in [-0.1, -0.05) is 26.0 Å². The molecular weight excluding hydrogens is 565 g/mol. The average molecular weight is 590 g/mol. The van der Waals surface area contributed by atoms with Crippen molar-refractivity contribution in [1.82, 2.24) is 9.55 Å². The van der Waals surface area contributed by atoms with Crippen molar-refractivity contribution in [3.63, 3.8) is 0 Å². The van der Waals surface area contributed by atoms with Crippen molar-refractivity contribution >= 4 is 16.7 Å². The summed E-state index contributed by atoms with van der Waals surface area (Å²) in [4.78, 5) is 14.8. The van der Waals surface area contributed by atoms with Gasteiger partial charge in [-0.25, -0.2) is 0 Å². The van der Waals surface area contributed by atoms with Crippen LogP contribution in [0.4, 0.5) is 0 Å². The van der Waals surface area contributed by atoms with E-state index in [1.54, 1.807) is 0 Å². The molecule has 1 radical (unpaired) electrons. The monoisotopic (exact) mass is 590 g/mol. The van der Waals surface area contributed by atoms with Crippen LogP contribution in [0, 0.1) is 19.9 Å². The summed E-state index contributed by atoms with van der Waals surface area (Å²) in [5.41, 5.74) is 6.56. The number of aryl methyl sites for hydroxylation is 2. The van der Waals surface area contributed by atoms with E-state index in [1.807, 2.05) is 24.5 Å². The maximum absolute atomic E-state index is 10.0. The molecule has 4 nitrogen and oxygen atoms in total. The molecule has 0 fully saturated rings. The fourth-order valence-corrected chi connectivity index (χ4v) is 3.26. The molecule has 0 aliphatic rings. The number of ketones is 1. The van der Waals surface area contributed by atoms with Gasteiger partial charge in [-0.2, -0.15) is 0 Å². The van der Waals surface area contributed by atoms with Crippen molar-refractivity contribution in [2.24, 2.45) is 0 Å². The van der Waals surface area contributed by atoms with Crippen LogP contribution in [0.2, 0.25) is 0 Å². The van der Waals surface area contributed by atoms with E-state index >= 15 is 0 Å². The number of hydrogen-bond donors (Lipinski definition) is 1. The molecular formula is C26H25IrN2O2-. The molecule has 0 amide bonds. The van der Waals surface area contributed by atoms with E-state index in [9.17, 15) is 4.79 Å². The Labute approximate surface area is 196 Å². The standard InChI is InChI=1S/C21H17N2.C5H8O2.Ir/c1-15-11-16(2)13-18(12-15)21-7-5-17-14-19(6-8-20(17)22-21)23-9-3-4-10-23;1-4(6)3-5(2)7;/h3-12,14H,1-2H3;3,6H,1-2H3;/q-1;;/b;4-3-;. The van der Waals surface area contributed by atoms with Crippen molar-refractivity contribution in [1.29, 1.82) is 0 Å². The zero-order valence-corrected chi connectivity index (χ0v) is 20.4. The van der Waals surface area contributed by atoms with Gasteiger partial charge < -0.3 is 9.67 Å². The minimum atomic E-state index is -0.125. The molecule has 0 spiro atoms. The second-order valence-electron chi connectivity index (χ2n) is 7.31. The molecule has 4 aromatic rings. The average Bonchev–Trinajstić information content (AvgIpc) is 3.20. The zero-order chi connectivity index (χ0) is 21.7. The van der Waals surface area contributed by atoms with Gasteiger partial charge in [0.25, 0.3) is 0 Å². The van der Waals surface area contributed by atoms with E-state index in [-0.39, 0.29) is 31.6 Å². The number of hydrogen-bond acceptors (Lipinski definition) is 3. The van der Waals surface area contributed by atoms with Crippen molar-refractivity contribution in [3.05, 3.63) is 96.0 Å². The largest absolute Gasteiger partial charge is 0.512 e. The zero-order valence-electron chi connectivity index (χ0n) is 18.0. The first kappa shape index (κ1) is 24.3. The maximum atomic E-state index is 10.0. The third-order valence-electron chi connectivity index (χ3n) is 4.41. The summed E-state index contributed by atoms with van der Waals surface area (Å²) < 4.78 is 2.10. The molecule has 0 saturated carbocycles. The Hall–Kier alpha value is -3.01. The van der Waals surface area contributed by atoms with Crippen LogP contribution in [0.15, 0.2) is 78.8 Å². The van der Waals surface area contributed by atoms with Crippen molar-refractivity contribution in [2.75, 3.05) is 0 Å². The van der Waals surface area contributed by atoms with Gasteiger partial charge in [0.2, 0.25) is 0 Å². The number of rotatable bonds is 3. The van der Waals surface area contributed by atoms with Crippen LogP contribution in [-0.4, -0.2) is 20.4 Å². The summed E-state index contributed by atoms with van der Waals surface area (Å²) in [6.45, 7) is 7.02. The van der Waals surface area contributed by atoms with Crippen molar-refractivity contribution in [2.45, 2.75) is 27.7 Å². The van der Waals surface area contributed by atoms with Gasteiger partial charge in [0.05, 0.1) is 11.3 Å². The first-order valence-electron chi connectivity index (χ1n) is 9.75. The molecule has 161 valence electrons. The normalized spacial score (nSPS) is 10.8. The van der Waals surface area contributed by atoms with Gasteiger partial charge in [-0.3, -0.25) is 9.78 Å². The van der Waals surface area contributed by atoms with Gasteiger partial charge in [-0.15, -0.1) is 34.9 Å². The van der Waals surface area contributed by atoms with Crippen molar-refractivity contribution < 1.29 is 30.0 Å². The molecule has 0 atom stereocenters. The number of carbonyl (C=O) groups is 1. The first-order valence-corrected chi connectivity index (χ1v) is 9.75. The fraction of sp³-hybridized carbons (Fsp3) is 0.154. The van der Waals surface area contributed by atoms with Gasteiger partial charge in [-0.05, 0) is 49.9 Å². The minimum absolute atomic E-state index is 0. The summed E-state index contributed by atoms with van der Waals surface area (Å²) in [5.74, 6) is -0.0625. The SMILES string of the molecule is CC(=O)/C=C(/C)O.Cc1[c-]c(-c2ccc3cc(-n4cccc4)ccc3n2)cc(C)c1.[Ir]. The van der Waals surface area contributed by atoms with Crippen LogP contribution < -0.4 is 0 Å². The fourth-order valence-electron chi connectivity index (χ4n) is 3.26. The third-order valence-corrected chi connectivity index (χ3v) is 4.41. The van der Waals surface area contributed by atoms with Crippen LogP contribution in [0.25, 0.3) is 27.8 Å². The van der Waals surface area contributed by atoms with Gasteiger partial charge >= 0.3 is 0 Å². The molecule has 1 N–H and O–H groups in total. The molecule has 5 heteroatoms. The Balaban J connectivity index is 0.000000373. The van der Waals surface area contributed by atoms with Gasteiger partial charge in [0.15, 0.2) is 5.78 Å². The Morgan fingerprint density at radius 3 is 2.32 bits per heavy atom. The first-order chi connectivity index (χ1) is 14.3. The number of pyridine rings is 1. The molecule has 2 aromatic heterocycles. The molecule has 2 aromatic carbocycles. The van der Waals surface area contributed by atoms with Crippen molar-refractivity contribution in [3.8, 4) is 16.9 Å². The number of carbonyl (C=O) groups excluding carboxylic acids is 1. The van der Waals surface area contributed by atoms with Gasteiger partial charge in [0.1, 0.15) is 0 Å². The van der Waals surface area contributed by atoms with Crippen LogP contribution in [0.3, 0.4) is 0 Å². The number of aromatic nitrogens is 2. The molecule has 0 saturated heterocycles. The number of aliphatic hydroxyl groups is 1. The van der Waals surface area contributed by atoms with Crippen LogP contribution >= 0.6 is 0 Å². The Morgan fingerprint density at radius 1 is 1.03 bits per heavy atom.